The third-order valence-corrected chi connectivity index (χ3v) is 6.95. The molecule has 1 atom stereocenters. The van der Waals surface area contributed by atoms with E-state index in [-0.39, 0.29) is 16.6 Å². The molecule has 1 N–H and O–H groups in total. The molecule has 0 amide bonds. The summed E-state index contributed by atoms with van der Waals surface area (Å²) in [4.78, 5) is 22.4. The Labute approximate surface area is 200 Å². The Morgan fingerprint density at radius 2 is 1.85 bits per heavy atom. The number of fused-ring (bicyclic) bond motifs is 1. The molecule has 4 aromatic rings. The first-order chi connectivity index (χ1) is 16.6. The largest absolute Gasteiger partial charge is 0.379 e. The Balaban J connectivity index is 1.44. The maximum atomic E-state index is 13.5. The van der Waals surface area contributed by atoms with Crippen LogP contribution in [0.4, 0.5) is 4.39 Å². The highest BCUT2D eigenvalue weighted by atomic mass is 32.2. The van der Waals surface area contributed by atoms with Crippen LogP contribution in [0.5, 0.6) is 0 Å². The van der Waals surface area contributed by atoms with E-state index >= 15 is 0 Å². The molecule has 34 heavy (non-hydrogen) atoms. The van der Waals surface area contributed by atoms with Crippen LogP contribution < -0.4 is 5.56 Å². The van der Waals surface area contributed by atoms with Crippen molar-refractivity contribution in [3.05, 3.63) is 70.5 Å². The molecule has 1 fully saturated rings. The average molecular weight is 481 g/mol. The molecule has 3 heterocycles. The van der Waals surface area contributed by atoms with Crippen molar-refractivity contribution in [2.45, 2.75) is 23.9 Å². The van der Waals surface area contributed by atoms with Gasteiger partial charge >= 0.3 is 0 Å². The van der Waals surface area contributed by atoms with E-state index in [1.165, 1.54) is 23.9 Å². The van der Waals surface area contributed by atoms with E-state index in [9.17, 15) is 9.18 Å². The standard InChI is InChI=1S/C24H25FN6O2S/c1-16(21-26-20-5-3-2-4-19(20)23(32)27-21)34-24-29-28-22(17-6-8-18(25)9-7-17)31(24)11-10-30-12-14-33-15-13-30/h2-9,16H,10-15H2,1H3,(H,26,27,32)/t16-/m1/s1. The minimum atomic E-state index is -0.294. The number of halogens is 1. The molecule has 0 unspecified atom stereocenters. The first-order valence-electron chi connectivity index (χ1n) is 11.2. The number of morpholine rings is 1. The van der Waals surface area contributed by atoms with E-state index in [4.69, 9.17) is 4.74 Å². The smallest absolute Gasteiger partial charge is 0.258 e. The number of hydrogen-bond donors (Lipinski definition) is 1. The van der Waals surface area contributed by atoms with Crippen molar-refractivity contribution in [1.29, 1.82) is 0 Å². The van der Waals surface area contributed by atoms with Crippen molar-refractivity contribution in [3.63, 3.8) is 0 Å². The van der Waals surface area contributed by atoms with E-state index in [0.717, 1.165) is 43.6 Å². The molecule has 2 aromatic heterocycles. The van der Waals surface area contributed by atoms with Crippen molar-refractivity contribution in [2.24, 2.45) is 0 Å². The quantitative estimate of drug-likeness (QED) is 0.405. The summed E-state index contributed by atoms with van der Waals surface area (Å²) >= 11 is 1.49. The highest BCUT2D eigenvalue weighted by Gasteiger charge is 2.21. The number of rotatable bonds is 7. The first kappa shape index (κ1) is 22.7. The molecule has 2 aromatic carbocycles. The van der Waals surface area contributed by atoms with Gasteiger partial charge < -0.3 is 14.3 Å². The number of H-pyrrole nitrogens is 1. The number of nitrogens with one attached hydrogen (secondary N) is 1. The van der Waals surface area contributed by atoms with Crippen LogP contribution in [0.15, 0.2) is 58.5 Å². The number of hydrogen-bond acceptors (Lipinski definition) is 7. The van der Waals surface area contributed by atoms with Gasteiger partial charge in [-0.05, 0) is 43.3 Å². The Kier molecular flexibility index (Phi) is 6.70. The van der Waals surface area contributed by atoms with E-state index in [1.54, 1.807) is 18.2 Å². The van der Waals surface area contributed by atoms with Crippen molar-refractivity contribution >= 4 is 22.7 Å². The van der Waals surface area contributed by atoms with Crippen molar-refractivity contribution in [3.8, 4) is 11.4 Å². The Morgan fingerprint density at radius 1 is 1.09 bits per heavy atom. The number of benzene rings is 2. The molecule has 5 rings (SSSR count). The van der Waals surface area contributed by atoms with Crippen LogP contribution in [-0.2, 0) is 11.3 Å². The molecule has 0 spiro atoms. The molecule has 0 radical (unpaired) electrons. The van der Waals surface area contributed by atoms with Gasteiger partial charge in [-0.2, -0.15) is 0 Å². The third-order valence-electron chi connectivity index (χ3n) is 5.86. The van der Waals surface area contributed by atoms with Crippen LogP contribution in [0, 0.1) is 5.82 Å². The number of ether oxygens (including phenoxy) is 1. The van der Waals surface area contributed by atoms with E-state index in [0.29, 0.717) is 29.1 Å². The highest BCUT2D eigenvalue weighted by molar-refractivity contribution is 7.99. The minimum Gasteiger partial charge on any atom is -0.379 e. The molecule has 1 saturated heterocycles. The van der Waals surface area contributed by atoms with Gasteiger partial charge in [0.05, 0.1) is 29.4 Å². The van der Waals surface area contributed by atoms with Gasteiger partial charge in [-0.3, -0.25) is 9.69 Å². The molecule has 0 saturated carbocycles. The molecular formula is C24H25FN6O2S. The molecule has 1 aliphatic heterocycles. The molecule has 176 valence electrons. The lowest BCUT2D eigenvalue weighted by Gasteiger charge is -2.27. The zero-order chi connectivity index (χ0) is 23.5. The van der Waals surface area contributed by atoms with Crippen molar-refractivity contribution in [1.82, 2.24) is 29.6 Å². The molecule has 0 aliphatic carbocycles. The molecule has 1 aliphatic rings. The zero-order valence-electron chi connectivity index (χ0n) is 18.8. The summed E-state index contributed by atoms with van der Waals surface area (Å²) in [5.74, 6) is 0.973. The normalized spacial score (nSPS) is 15.6. The number of nitrogens with zero attached hydrogens (tertiary/aromatic N) is 5. The fourth-order valence-corrected chi connectivity index (χ4v) is 4.90. The third kappa shape index (κ3) is 4.89. The minimum absolute atomic E-state index is 0.158. The predicted molar refractivity (Wildman–Crippen MR) is 129 cm³/mol. The Hall–Kier alpha value is -3.08. The number of aromatic nitrogens is 5. The van der Waals surface area contributed by atoms with Crippen LogP contribution in [0.25, 0.3) is 22.3 Å². The Morgan fingerprint density at radius 3 is 2.65 bits per heavy atom. The molecule has 0 bridgehead atoms. The Bertz CT molecular complexity index is 1330. The second-order valence-electron chi connectivity index (χ2n) is 8.15. The summed E-state index contributed by atoms with van der Waals surface area (Å²) in [5.41, 5.74) is 1.30. The van der Waals surface area contributed by atoms with Crippen LogP contribution in [0.2, 0.25) is 0 Å². The lowest BCUT2D eigenvalue weighted by atomic mass is 10.2. The van der Waals surface area contributed by atoms with E-state index in [2.05, 4.69) is 29.6 Å². The summed E-state index contributed by atoms with van der Waals surface area (Å²) in [6, 6.07) is 13.6. The fourth-order valence-electron chi connectivity index (χ4n) is 3.97. The summed E-state index contributed by atoms with van der Waals surface area (Å²) in [5, 5.41) is 10.00. The van der Waals surface area contributed by atoms with Gasteiger partial charge in [0.1, 0.15) is 11.6 Å². The topological polar surface area (TPSA) is 88.9 Å². The summed E-state index contributed by atoms with van der Waals surface area (Å²) in [6.45, 7) is 6.71. The second-order valence-corrected chi connectivity index (χ2v) is 9.46. The number of para-hydroxylation sites is 1. The summed E-state index contributed by atoms with van der Waals surface area (Å²) in [6.07, 6.45) is 0. The van der Waals surface area contributed by atoms with Gasteiger partial charge in [0, 0.05) is 31.7 Å². The lowest BCUT2D eigenvalue weighted by Crippen LogP contribution is -2.38. The number of thioether (sulfide) groups is 1. The van der Waals surface area contributed by atoms with Gasteiger partial charge in [-0.1, -0.05) is 23.9 Å². The van der Waals surface area contributed by atoms with Gasteiger partial charge in [-0.15, -0.1) is 10.2 Å². The lowest BCUT2D eigenvalue weighted by molar-refractivity contribution is 0.0361. The van der Waals surface area contributed by atoms with Gasteiger partial charge in [0.2, 0.25) is 0 Å². The van der Waals surface area contributed by atoms with Crippen molar-refractivity contribution < 1.29 is 9.13 Å². The van der Waals surface area contributed by atoms with Crippen LogP contribution >= 0.6 is 11.8 Å². The van der Waals surface area contributed by atoms with Crippen LogP contribution in [-0.4, -0.2) is 62.5 Å². The maximum Gasteiger partial charge on any atom is 0.258 e. The van der Waals surface area contributed by atoms with E-state index < -0.39 is 0 Å². The van der Waals surface area contributed by atoms with Crippen LogP contribution in [0.3, 0.4) is 0 Å². The van der Waals surface area contributed by atoms with Gasteiger partial charge in [-0.25, -0.2) is 9.37 Å². The highest BCUT2D eigenvalue weighted by Crippen LogP contribution is 2.34. The summed E-state index contributed by atoms with van der Waals surface area (Å²) < 4.78 is 21.0. The second kappa shape index (κ2) is 10.0. The van der Waals surface area contributed by atoms with Crippen molar-refractivity contribution in [2.75, 3.05) is 32.8 Å². The number of aromatic amines is 1. The zero-order valence-corrected chi connectivity index (χ0v) is 19.6. The maximum absolute atomic E-state index is 13.5. The summed E-state index contributed by atoms with van der Waals surface area (Å²) in [7, 11) is 0. The van der Waals surface area contributed by atoms with Gasteiger partial charge in [0.15, 0.2) is 11.0 Å². The molecule has 8 nitrogen and oxygen atoms in total. The average Bonchev–Trinajstić information content (AvgIpc) is 3.26. The van der Waals surface area contributed by atoms with E-state index in [1.807, 2.05) is 25.1 Å². The van der Waals surface area contributed by atoms with Gasteiger partial charge in [0.25, 0.3) is 5.56 Å². The SMILES string of the molecule is C[C@@H](Sc1nnc(-c2ccc(F)cc2)n1CCN1CCOCC1)c1nc2ccccc2c(=O)[nH]1. The fraction of sp³-hybridized carbons (Fsp3) is 0.333. The monoisotopic (exact) mass is 480 g/mol. The van der Waals surface area contributed by atoms with Crippen LogP contribution in [0.1, 0.15) is 18.0 Å². The predicted octanol–water partition coefficient (Wildman–Crippen LogP) is 3.51. The first-order valence-corrected chi connectivity index (χ1v) is 12.1. The molecular weight excluding hydrogens is 455 g/mol. The molecule has 10 heteroatoms.